The number of methoxy groups -OCH3 is 1. The molecule has 1 fully saturated rings. The van der Waals surface area contributed by atoms with Crippen LogP contribution in [0.1, 0.15) is 32.0 Å². The van der Waals surface area contributed by atoms with E-state index in [-0.39, 0.29) is 17.4 Å². The highest BCUT2D eigenvalue weighted by atomic mass is 19.4. The van der Waals surface area contributed by atoms with Gasteiger partial charge in [0.15, 0.2) is 0 Å². The van der Waals surface area contributed by atoms with Crippen molar-refractivity contribution in [2.24, 2.45) is 0 Å². The maximum absolute atomic E-state index is 12.7. The molecular formula is C27H35F3N8O3. The predicted molar refractivity (Wildman–Crippen MR) is 151 cm³/mol. The van der Waals surface area contributed by atoms with Crippen LogP contribution in [-0.4, -0.2) is 91.1 Å². The number of ether oxygens (including phenoxy) is 2. The van der Waals surface area contributed by atoms with Gasteiger partial charge in [-0.3, -0.25) is 4.98 Å². The normalized spacial score (nSPS) is 16.6. The molecule has 0 aromatic carbocycles. The van der Waals surface area contributed by atoms with Crippen LogP contribution in [0.3, 0.4) is 0 Å². The molecule has 0 aliphatic carbocycles. The van der Waals surface area contributed by atoms with Crippen LogP contribution in [0, 0.1) is 10.8 Å². The highest BCUT2D eigenvalue weighted by Crippen LogP contribution is 2.25. The Morgan fingerprint density at radius 2 is 1.95 bits per heavy atom. The van der Waals surface area contributed by atoms with E-state index in [0.717, 1.165) is 18.6 Å². The summed E-state index contributed by atoms with van der Waals surface area (Å²) in [4.78, 5) is 25.2. The van der Waals surface area contributed by atoms with Crippen LogP contribution in [0.4, 0.5) is 35.3 Å². The van der Waals surface area contributed by atoms with Crippen LogP contribution in [-0.2, 0) is 9.47 Å². The van der Waals surface area contributed by atoms with Crippen LogP contribution >= 0.6 is 0 Å². The average molecular weight is 577 g/mol. The number of hydrogen-bond donors (Lipinski definition) is 4. The molecule has 0 saturated carbocycles. The lowest BCUT2D eigenvalue weighted by Crippen LogP contribution is -2.41. The number of alkyl halides is 3. The van der Waals surface area contributed by atoms with E-state index in [1.807, 2.05) is 31.7 Å². The number of pyridine rings is 2. The van der Waals surface area contributed by atoms with Gasteiger partial charge in [-0.2, -0.15) is 13.2 Å². The van der Waals surface area contributed by atoms with Crippen molar-refractivity contribution in [2.45, 2.75) is 38.7 Å². The van der Waals surface area contributed by atoms with Gasteiger partial charge in [-0.1, -0.05) is 6.07 Å². The van der Waals surface area contributed by atoms with Gasteiger partial charge >= 0.3 is 12.3 Å². The number of carbonyl (C=O) groups is 1. The fourth-order valence-corrected chi connectivity index (χ4v) is 3.94. The third kappa shape index (κ3) is 9.45. The van der Waals surface area contributed by atoms with Crippen LogP contribution in [0.2, 0.25) is 0 Å². The molecule has 0 unspecified atom stereocenters. The Hall–Kier alpha value is -4.20. The van der Waals surface area contributed by atoms with Crippen molar-refractivity contribution in [3.63, 3.8) is 0 Å². The molecular weight excluding hydrogens is 541 g/mol. The summed E-state index contributed by atoms with van der Waals surface area (Å²) < 4.78 is 48.7. The molecule has 11 nitrogen and oxygen atoms in total. The van der Waals surface area contributed by atoms with E-state index < -0.39 is 24.4 Å². The van der Waals surface area contributed by atoms with Crippen LogP contribution in [0.25, 0.3) is 5.57 Å². The van der Waals surface area contributed by atoms with Gasteiger partial charge < -0.3 is 40.7 Å². The fraction of sp³-hybridized carbons (Fsp3) is 0.444. The van der Waals surface area contributed by atoms with Gasteiger partial charge in [0.2, 0.25) is 0 Å². The number of nitrogens with zero attached hydrogens (tertiary/aromatic N) is 4. The monoisotopic (exact) mass is 576 g/mol. The molecule has 4 N–H and O–H groups in total. The third-order valence-electron chi connectivity index (χ3n) is 5.90. The molecule has 1 saturated heterocycles. The first kappa shape index (κ1) is 31.3. The van der Waals surface area contributed by atoms with Crippen molar-refractivity contribution in [2.75, 3.05) is 50.1 Å². The Kier molecular flexibility index (Phi) is 10.3. The topological polar surface area (TPSA) is 140 Å². The van der Waals surface area contributed by atoms with Crippen molar-refractivity contribution < 1.29 is 27.4 Å². The molecule has 1 amide bonds. The summed E-state index contributed by atoms with van der Waals surface area (Å²) in [5, 5.41) is 20.7. The molecule has 1 aliphatic rings. The molecule has 2 aromatic heterocycles. The largest absolute Gasteiger partial charge is 0.444 e. The fourth-order valence-electron chi connectivity index (χ4n) is 3.94. The van der Waals surface area contributed by atoms with Gasteiger partial charge in [-0.05, 0) is 39.0 Å². The first-order valence-electron chi connectivity index (χ1n) is 12.8. The van der Waals surface area contributed by atoms with Gasteiger partial charge in [0.25, 0.3) is 0 Å². The quantitative estimate of drug-likeness (QED) is 0.322. The maximum atomic E-state index is 12.7. The van der Waals surface area contributed by atoms with E-state index in [2.05, 4.69) is 15.6 Å². The number of rotatable bonds is 9. The van der Waals surface area contributed by atoms with Crippen molar-refractivity contribution in [3.05, 3.63) is 47.9 Å². The Bertz CT molecular complexity index is 1260. The molecule has 0 bridgehead atoms. The predicted octanol–water partition coefficient (Wildman–Crippen LogP) is 4.43. The summed E-state index contributed by atoms with van der Waals surface area (Å²) in [7, 11) is 1.59. The molecule has 3 rings (SSSR count). The zero-order chi connectivity index (χ0) is 30.2. The lowest BCUT2D eigenvalue weighted by Gasteiger charge is -2.27. The van der Waals surface area contributed by atoms with Crippen molar-refractivity contribution >= 4 is 41.4 Å². The Morgan fingerprint density at radius 1 is 1.20 bits per heavy atom. The minimum atomic E-state index is -4.41. The Labute approximate surface area is 236 Å². The molecule has 3 heterocycles. The van der Waals surface area contributed by atoms with Crippen molar-refractivity contribution in [1.29, 1.82) is 10.8 Å². The Morgan fingerprint density at radius 3 is 2.59 bits per heavy atom. The van der Waals surface area contributed by atoms with Gasteiger partial charge in [0.05, 0.1) is 24.0 Å². The molecule has 2 aromatic rings. The number of nitrogens with one attached hydrogen (secondary N) is 4. The number of allylic oxidation sites excluding steroid dienone is 1. The number of carbonyl (C=O) groups excluding carboxylic acids is 1. The summed E-state index contributed by atoms with van der Waals surface area (Å²) in [6.07, 6.45) is -0.667. The molecule has 222 valence electrons. The molecule has 14 heteroatoms. The SMILES string of the molecule is CO[C@H]1CN(C(=O)OC(C)(C)C)CCN(c2cccc(Nc3cc(/C(C=N)=C/NCC(F)(F)F)ncc3C=N)n2)C1. The van der Waals surface area contributed by atoms with Crippen LogP contribution in [0.5, 0.6) is 0 Å². The van der Waals surface area contributed by atoms with Crippen molar-refractivity contribution in [1.82, 2.24) is 20.2 Å². The molecule has 41 heavy (non-hydrogen) atoms. The number of hydrogen-bond acceptors (Lipinski definition) is 10. The van der Waals surface area contributed by atoms with Gasteiger partial charge in [0, 0.05) is 62.7 Å². The maximum Gasteiger partial charge on any atom is 0.410 e. The first-order chi connectivity index (χ1) is 19.3. The smallest absolute Gasteiger partial charge is 0.410 e. The molecule has 0 spiro atoms. The second kappa shape index (κ2) is 13.4. The first-order valence-corrected chi connectivity index (χ1v) is 12.8. The summed E-state index contributed by atoms with van der Waals surface area (Å²) >= 11 is 0. The van der Waals surface area contributed by atoms with E-state index in [0.29, 0.717) is 49.1 Å². The molecule has 1 atom stereocenters. The lowest BCUT2D eigenvalue weighted by molar-refractivity contribution is -0.122. The van der Waals surface area contributed by atoms with E-state index in [1.165, 1.54) is 12.3 Å². The standard InChI is InChI=1S/C27H35F3N8O3/c1-26(2,3)41-25(39)38-9-8-37(15-20(16-38)40-4)24-7-5-6-23(36-24)35-22-10-21(34-14-19(22)12-32)18(11-31)13-33-17-27(28,29)30/h5-7,10-14,20,31-33H,8-9,15-17H2,1-4H3,(H,34,35,36)/b18-13+,31-11?,32-12?/t20-/m1/s1. The molecule has 0 radical (unpaired) electrons. The zero-order valence-electron chi connectivity index (χ0n) is 23.4. The highest BCUT2D eigenvalue weighted by Gasteiger charge is 2.29. The minimum Gasteiger partial charge on any atom is -0.444 e. The van der Waals surface area contributed by atoms with E-state index in [9.17, 15) is 18.0 Å². The van der Waals surface area contributed by atoms with E-state index >= 15 is 0 Å². The summed E-state index contributed by atoms with van der Waals surface area (Å²) in [6, 6.07) is 6.90. The number of anilines is 3. The zero-order valence-corrected chi connectivity index (χ0v) is 23.4. The van der Waals surface area contributed by atoms with E-state index in [4.69, 9.17) is 25.3 Å². The van der Waals surface area contributed by atoms with Gasteiger partial charge in [-0.15, -0.1) is 0 Å². The number of aromatic nitrogens is 2. The van der Waals surface area contributed by atoms with Gasteiger partial charge in [0.1, 0.15) is 23.8 Å². The molecule has 1 aliphatic heterocycles. The second-order valence-corrected chi connectivity index (χ2v) is 10.3. The second-order valence-electron chi connectivity index (χ2n) is 10.3. The summed E-state index contributed by atoms with van der Waals surface area (Å²) in [5.41, 5.74) is 0.581. The highest BCUT2D eigenvalue weighted by molar-refractivity contribution is 6.08. The summed E-state index contributed by atoms with van der Waals surface area (Å²) in [5.74, 6) is 1.07. The van der Waals surface area contributed by atoms with Crippen LogP contribution in [0.15, 0.2) is 36.7 Å². The average Bonchev–Trinajstić information content (AvgIpc) is 3.13. The number of halogens is 3. The van der Waals surface area contributed by atoms with Gasteiger partial charge in [-0.25, -0.2) is 9.78 Å². The minimum absolute atomic E-state index is 0.125. The van der Waals surface area contributed by atoms with Crippen LogP contribution < -0.4 is 15.5 Å². The summed E-state index contributed by atoms with van der Waals surface area (Å²) in [6.45, 7) is 5.93. The Balaban J connectivity index is 1.81. The van der Waals surface area contributed by atoms with E-state index in [1.54, 1.807) is 24.1 Å². The third-order valence-corrected chi connectivity index (χ3v) is 5.90. The lowest BCUT2D eigenvalue weighted by atomic mass is 10.1. The van der Waals surface area contributed by atoms with Crippen molar-refractivity contribution in [3.8, 4) is 0 Å². The number of amides is 1.